The molecule has 0 radical (unpaired) electrons. The van der Waals surface area contributed by atoms with Crippen LogP contribution in [0.2, 0.25) is 0 Å². The van der Waals surface area contributed by atoms with E-state index in [1.807, 2.05) is 7.05 Å². The third-order valence-corrected chi connectivity index (χ3v) is 3.09. The van der Waals surface area contributed by atoms with Crippen molar-refractivity contribution in [2.45, 2.75) is 52.7 Å². The topological polar surface area (TPSA) is 21.3 Å². The number of hydrogen-bond acceptors (Lipinski definition) is 2. The van der Waals surface area contributed by atoms with Crippen LogP contribution in [-0.2, 0) is 0 Å². The molecule has 0 spiro atoms. The third-order valence-electron chi connectivity index (χ3n) is 3.09. The van der Waals surface area contributed by atoms with E-state index in [4.69, 9.17) is 4.74 Å². The highest BCUT2D eigenvalue weighted by Gasteiger charge is 2.12. The predicted octanol–water partition coefficient (Wildman–Crippen LogP) is 3.84. The van der Waals surface area contributed by atoms with Gasteiger partial charge in [0.25, 0.3) is 0 Å². The Morgan fingerprint density at radius 1 is 1.29 bits per heavy atom. The molecule has 1 N–H and O–H groups in total. The molecule has 0 bridgehead atoms. The number of nitrogens with one attached hydrogen (secondary N) is 1. The van der Waals surface area contributed by atoms with Crippen molar-refractivity contribution in [1.29, 1.82) is 0 Å². The van der Waals surface area contributed by atoms with Gasteiger partial charge >= 0.3 is 0 Å². The standard InChI is InChI=1S/C15H25NO/c1-6-7-12(3)17-15-10-11(2)8-9-14(15)13(4)16-5/h8-10,12-13,16H,6-7H2,1-5H3. The summed E-state index contributed by atoms with van der Waals surface area (Å²) in [5.74, 6) is 1.02. The van der Waals surface area contributed by atoms with E-state index >= 15 is 0 Å². The normalized spacial score (nSPS) is 14.4. The molecule has 0 saturated heterocycles. The van der Waals surface area contributed by atoms with E-state index in [1.54, 1.807) is 0 Å². The highest BCUT2D eigenvalue weighted by Crippen LogP contribution is 2.27. The second-order valence-corrected chi connectivity index (χ2v) is 4.77. The highest BCUT2D eigenvalue weighted by molar-refractivity contribution is 5.39. The Labute approximate surface area is 105 Å². The van der Waals surface area contributed by atoms with E-state index in [0.717, 1.165) is 18.6 Å². The molecular formula is C15H25NO. The Morgan fingerprint density at radius 3 is 2.59 bits per heavy atom. The van der Waals surface area contributed by atoms with Crippen molar-refractivity contribution < 1.29 is 4.74 Å². The molecule has 2 unspecified atom stereocenters. The molecule has 0 saturated carbocycles. The SMILES string of the molecule is CCCC(C)Oc1cc(C)ccc1C(C)NC. The fraction of sp³-hybridized carbons (Fsp3) is 0.600. The molecule has 0 amide bonds. The molecule has 0 aliphatic rings. The Kier molecular flexibility index (Phi) is 5.49. The molecule has 2 atom stereocenters. The molecule has 0 aliphatic carbocycles. The molecule has 2 heteroatoms. The Bertz CT molecular complexity index is 349. The first-order valence-electron chi connectivity index (χ1n) is 6.53. The summed E-state index contributed by atoms with van der Waals surface area (Å²) in [6.45, 7) is 8.58. The van der Waals surface area contributed by atoms with Crippen molar-refractivity contribution in [3.63, 3.8) is 0 Å². The summed E-state index contributed by atoms with van der Waals surface area (Å²) in [4.78, 5) is 0. The van der Waals surface area contributed by atoms with E-state index in [-0.39, 0.29) is 6.10 Å². The monoisotopic (exact) mass is 235 g/mol. The van der Waals surface area contributed by atoms with Gasteiger partial charge in [0.05, 0.1) is 6.10 Å². The van der Waals surface area contributed by atoms with Gasteiger partial charge in [-0.1, -0.05) is 25.5 Å². The van der Waals surface area contributed by atoms with Crippen LogP contribution in [0.5, 0.6) is 5.75 Å². The van der Waals surface area contributed by atoms with Gasteiger partial charge in [0, 0.05) is 11.6 Å². The zero-order valence-electron chi connectivity index (χ0n) is 11.7. The van der Waals surface area contributed by atoms with Gasteiger partial charge < -0.3 is 10.1 Å². The summed E-state index contributed by atoms with van der Waals surface area (Å²) in [6, 6.07) is 6.75. The maximum absolute atomic E-state index is 6.05. The molecule has 0 fully saturated rings. The summed E-state index contributed by atoms with van der Waals surface area (Å²) in [5, 5.41) is 3.27. The van der Waals surface area contributed by atoms with Crippen LogP contribution in [0.3, 0.4) is 0 Å². The van der Waals surface area contributed by atoms with Crippen molar-refractivity contribution >= 4 is 0 Å². The van der Waals surface area contributed by atoms with Crippen molar-refractivity contribution in [2.24, 2.45) is 0 Å². The molecule has 1 rings (SSSR count). The van der Waals surface area contributed by atoms with Gasteiger partial charge in [-0.3, -0.25) is 0 Å². The summed E-state index contributed by atoms with van der Waals surface area (Å²) >= 11 is 0. The molecule has 1 aromatic carbocycles. The molecule has 0 aromatic heterocycles. The lowest BCUT2D eigenvalue weighted by Crippen LogP contribution is -2.17. The summed E-state index contributed by atoms with van der Waals surface area (Å²) in [7, 11) is 1.98. The van der Waals surface area contributed by atoms with Gasteiger partial charge in [0.15, 0.2) is 0 Å². The van der Waals surface area contributed by atoms with Crippen LogP contribution in [0.1, 0.15) is 50.8 Å². The second kappa shape index (κ2) is 6.65. The molecule has 1 aromatic rings. The smallest absolute Gasteiger partial charge is 0.124 e. The first-order valence-corrected chi connectivity index (χ1v) is 6.53. The van der Waals surface area contributed by atoms with E-state index in [2.05, 4.69) is 51.2 Å². The fourth-order valence-corrected chi connectivity index (χ4v) is 1.94. The Balaban J connectivity index is 2.90. The molecule has 0 aliphatic heterocycles. The van der Waals surface area contributed by atoms with Gasteiger partial charge in [-0.15, -0.1) is 0 Å². The van der Waals surface area contributed by atoms with Crippen LogP contribution in [0.15, 0.2) is 18.2 Å². The van der Waals surface area contributed by atoms with Crippen LogP contribution in [-0.4, -0.2) is 13.2 Å². The molecule has 96 valence electrons. The number of aryl methyl sites for hydroxylation is 1. The largest absolute Gasteiger partial charge is 0.490 e. The number of hydrogen-bond donors (Lipinski definition) is 1. The highest BCUT2D eigenvalue weighted by atomic mass is 16.5. The van der Waals surface area contributed by atoms with Gasteiger partial charge in [-0.2, -0.15) is 0 Å². The molecular weight excluding hydrogens is 210 g/mol. The number of ether oxygens (including phenoxy) is 1. The maximum Gasteiger partial charge on any atom is 0.124 e. The van der Waals surface area contributed by atoms with E-state index in [1.165, 1.54) is 11.1 Å². The fourth-order valence-electron chi connectivity index (χ4n) is 1.94. The minimum atomic E-state index is 0.282. The minimum absolute atomic E-state index is 0.282. The molecule has 17 heavy (non-hydrogen) atoms. The second-order valence-electron chi connectivity index (χ2n) is 4.77. The third kappa shape index (κ3) is 4.04. The van der Waals surface area contributed by atoms with Crippen LogP contribution < -0.4 is 10.1 Å². The zero-order valence-corrected chi connectivity index (χ0v) is 11.7. The quantitative estimate of drug-likeness (QED) is 0.809. The maximum atomic E-state index is 6.05. The van der Waals surface area contributed by atoms with Crippen molar-refractivity contribution in [1.82, 2.24) is 5.32 Å². The summed E-state index contributed by atoms with van der Waals surface area (Å²) < 4.78 is 6.05. The van der Waals surface area contributed by atoms with Gasteiger partial charge in [-0.05, 0) is 45.9 Å². The van der Waals surface area contributed by atoms with Crippen LogP contribution >= 0.6 is 0 Å². The van der Waals surface area contributed by atoms with Gasteiger partial charge in [-0.25, -0.2) is 0 Å². The van der Waals surface area contributed by atoms with Gasteiger partial charge in [0.2, 0.25) is 0 Å². The molecule has 0 heterocycles. The van der Waals surface area contributed by atoms with Crippen molar-refractivity contribution in [3.05, 3.63) is 29.3 Å². The number of benzene rings is 1. The lowest BCUT2D eigenvalue weighted by Gasteiger charge is -2.20. The lowest BCUT2D eigenvalue weighted by atomic mass is 10.0. The van der Waals surface area contributed by atoms with E-state index < -0.39 is 0 Å². The molecule has 2 nitrogen and oxygen atoms in total. The lowest BCUT2D eigenvalue weighted by molar-refractivity contribution is 0.206. The van der Waals surface area contributed by atoms with Crippen LogP contribution in [0.25, 0.3) is 0 Å². The van der Waals surface area contributed by atoms with Crippen molar-refractivity contribution in [2.75, 3.05) is 7.05 Å². The zero-order chi connectivity index (χ0) is 12.8. The van der Waals surface area contributed by atoms with E-state index in [9.17, 15) is 0 Å². The first kappa shape index (κ1) is 14.0. The first-order chi connectivity index (χ1) is 8.08. The summed E-state index contributed by atoms with van der Waals surface area (Å²) in [5.41, 5.74) is 2.48. The van der Waals surface area contributed by atoms with Gasteiger partial charge in [0.1, 0.15) is 5.75 Å². The average Bonchev–Trinajstić information content (AvgIpc) is 2.28. The minimum Gasteiger partial charge on any atom is -0.490 e. The van der Waals surface area contributed by atoms with Crippen molar-refractivity contribution in [3.8, 4) is 5.75 Å². The number of rotatable bonds is 6. The summed E-state index contributed by atoms with van der Waals surface area (Å²) in [6.07, 6.45) is 2.54. The van der Waals surface area contributed by atoms with E-state index in [0.29, 0.717) is 6.04 Å². The predicted molar refractivity (Wildman–Crippen MR) is 73.7 cm³/mol. The van der Waals surface area contributed by atoms with Crippen LogP contribution in [0.4, 0.5) is 0 Å². The Hall–Kier alpha value is -1.02. The Morgan fingerprint density at radius 2 is 2.00 bits per heavy atom. The average molecular weight is 235 g/mol. The van der Waals surface area contributed by atoms with Crippen LogP contribution in [0, 0.1) is 6.92 Å².